The molecule has 2 aromatic carbocycles. The third-order valence-electron chi connectivity index (χ3n) is 7.31. The van der Waals surface area contributed by atoms with E-state index >= 15 is 0 Å². The molecule has 0 aromatic heterocycles. The van der Waals surface area contributed by atoms with E-state index in [0.29, 0.717) is 29.5 Å². The maximum atomic E-state index is 13.3. The van der Waals surface area contributed by atoms with E-state index in [0.717, 1.165) is 17.7 Å². The minimum atomic E-state index is -4.50. The fourth-order valence-corrected chi connectivity index (χ4v) is 5.28. The molecule has 1 fully saturated rings. The van der Waals surface area contributed by atoms with Crippen molar-refractivity contribution in [1.29, 1.82) is 0 Å². The highest BCUT2D eigenvalue weighted by Gasteiger charge is 2.42. The van der Waals surface area contributed by atoms with Crippen LogP contribution in [0.4, 0.5) is 26.3 Å². The van der Waals surface area contributed by atoms with Gasteiger partial charge >= 0.3 is 18.3 Å². The summed E-state index contributed by atoms with van der Waals surface area (Å²) >= 11 is 0. The number of likely N-dealkylation sites (tertiary alicyclic amines) is 1. The molecule has 0 spiro atoms. The van der Waals surface area contributed by atoms with Crippen LogP contribution in [0.1, 0.15) is 82.0 Å². The van der Waals surface area contributed by atoms with Gasteiger partial charge in [-0.3, -0.25) is 9.69 Å². The van der Waals surface area contributed by atoms with Crippen molar-refractivity contribution in [3.05, 3.63) is 59.2 Å². The number of piperidine rings is 1. The first-order chi connectivity index (χ1) is 17.5. The highest BCUT2D eigenvalue weighted by Crippen LogP contribution is 2.43. The molecular weight excluding hydrogens is 508 g/mol. The Kier molecular flexibility index (Phi) is 8.91. The normalized spacial score (nSPS) is 17.8. The summed E-state index contributed by atoms with van der Waals surface area (Å²) in [7, 11) is 0. The molecule has 2 atom stereocenters. The Morgan fingerprint density at radius 1 is 0.974 bits per heavy atom. The molecule has 210 valence electrons. The fraction of sp³-hybridized carbons (Fsp3) is 0.552. The number of carbonyl (C=O) groups is 1. The topological polar surface area (TPSA) is 40.5 Å². The van der Waals surface area contributed by atoms with Crippen LogP contribution in [0, 0.1) is 11.3 Å². The second-order valence-corrected chi connectivity index (χ2v) is 11.4. The first kappa shape index (κ1) is 30.0. The SMILES string of the molecule is CCC(C(=O)O)c1ccc(C(CC(C)(C)C)N2CCC(C(F)(F)F)CC2)c(-c2ccc(C(F)(F)F)cc2)c1. The third-order valence-corrected chi connectivity index (χ3v) is 7.31. The molecule has 3 nitrogen and oxygen atoms in total. The van der Waals surface area contributed by atoms with Gasteiger partial charge in [0.15, 0.2) is 0 Å². The molecule has 2 aromatic rings. The van der Waals surface area contributed by atoms with Gasteiger partial charge < -0.3 is 5.11 Å². The molecule has 1 aliphatic rings. The van der Waals surface area contributed by atoms with Gasteiger partial charge in [-0.15, -0.1) is 0 Å². The van der Waals surface area contributed by atoms with Gasteiger partial charge in [-0.25, -0.2) is 0 Å². The zero-order valence-corrected chi connectivity index (χ0v) is 22.1. The van der Waals surface area contributed by atoms with E-state index in [1.807, 2.05) is 25.7 Å². The van der Waals surface area contributed by atoms with Gasteiger partial charge in [-0.05, 0) is 84.6 Å². The van der Waals surface area contributed by atoms with Crippen molar-refractivity contribution >= 4 is 5.97 Å². The first-order valence-electron chi connectivity index (χ1n) is 12.9. The second kappa shape index (κ2) is 11.3. The predicted molar refractivity (Wildman–Crippen MR) is 135 cm³/mol. The van der Waals surface area contributed by atoms with Crippen molar-refractivity contribution in [2.24, 2.45) is 11.3 Å². The van der Waals surface area contributed by atoms with E-state index < -0.39 is 35.7 Å². The number of hydrogen-bond donors (Lipinski definition) is 1. The lowest BCUT2D eigenvalue weighted by atomic mass is 9.80. The Morgan fingerprint density at radius 2 is 1.55 bits per heavy atom. The van der Waals surface area contributed by atoms with Crippen molar-refractivity contribution in [2.45, 2.75) is 77.7 Å². The Morgan fingerprint density at radius 3 is 2.00 bits per heavy atom. The molecule has 1 heterocycles. The van der Waals surface area contributed by atoms with Crippen molar-refractivity contribution in [2.75, 3.05) is 13.1 Å². The first-order valence-corrected chi connectivity index (χ1v) is 12.9. The van der Waals surface area contributed by atoms with Crippen LogP contribution in [0.3, 0.4) is 0 Å². The summed E-state index contributed by atoms with van der Waals surface area (Å²) < 4.78 is 79.7. The predicted octanol–water partition coefficient (Wildman–Crippen LogP) is 8.70. The van der Waals surface area contributed by atoms with Crippen LogP contribution < -0.4 is 0 Å². The molecule has 0 amide bonds. The molecule has 1 aliphatic heterocycles. The Hall–Kier alpha value is -2.55. The lowest BCUT2D eigenvalue weighted by Gasteiger charge is -2.41. The molecular formula is C29H35F6NO2. The van der Waals surface area contributed by atoms with Crippen LogP contribution in [0.15, 0.2) is 42.5 Å². The minimum Gasteiger partial charge on any atom is -0.481 e. The van der Waals surface area contributed by atoms with Gasteiger partial charge in [-0.1, -0.05) is 52.0 Å². The maximum absolute atomic E-state index is 13.3. The fourth-order valence-electron chi connectivity index (χ4n) is 5.28. The average Bonchev–Trinajstić information content (AvgIpc) is 2.81. The number of alkyl halides is 6. The van der Waals surface area contributed by atoms with Crippen LogP contribution in [-0.2, 0) is 11.0 Å². The molecule has 1 saturated heterocycles. The van der Waals surface area contributed by atoms with Crippen molar-refractivity contribution in [3.63, 3.8) is 0 Å². The van der Waals surface area contributed by atoms with Crippen molar-refractivity contribution in [3.8, 4) is 11.1 Å². The van der Waals surface area contributed by atoms with Crippen LogP contribution in [0.5, 0.6) is 0 Å². The Labute approximate surface area is 219 Å². The van der Waals surface area contributed by atoms with Crippen molar-refractivity contribution < 1.29 is 36.2 Å². The standard InChI is InChI=1S/C29H35F6NO2/c1-5-22(26(37)38)19-8-11-23(24(16-19)18-6-9-20(10-7-18)28(30,31)32)25(17-27(2,3)4)36-14-12-21(13-15-36)29(33,34)35/h6-11,16,21-22,25H,5,12-15,17H2,1-4H3,(H,37,38). The molecule has 3 rings (SSSR count). The number of rotatable bonds is 7. The van der Waals surface area contributed by atoms with Crippen LogP contribution in [-0.4, -0.2) is 35.2 Å². The van der Waals surface area contributed by atoms with Gasteiger partial charge in [-0.2, -0.15) is 26.3 Å². The second-order valence-electron chi connectivity index (χ2n) is 11.4. The lowest BCUT2D eigenvalue weighted by Crippen LogP contribution is -2.42. The molecule has 2 unspecified atom stereocenters. The number of nitrogens with zero attached hydrogens (tertiary/aromatic N) is 1. The van der Waals surface area contributed by atoms with E-state index in [2.05, 4.69) is 0 Å². The smallest absolute Gasteiger partial charge is 0.416 e. The van der Waals surface area contributed by atoms with Gasteiger partial charge in [0, 0.05) is 6.04 Å². The van der Waals surface area contributed by atoms with E-state index in [1.165, 1.54) is 12.1 Å². The zero-order chi connectivity index (χ0) is 28.5. The number of aliphatic carboxylic acids is 1. The number of hydrogen-bond acceptors (Lipinski definition) is 2. The molecule has 0 radical (unpaired) electrons. The quantitative estimate of drug-likeness (QED) is 0.355. The number of benzene rings is 2. The molecule has 38 heavy (non-hydrogen) atoms. The summed E-state index contributed by atoms with van der Waals surface area (Å²) in [5.41, 5.74) is 1.41. The van der Waals surface area contributed by atoms with E-state index in [1.54, 1.807) is 25.1 Å². The molecule has 0 aliphatic carbocycles. The molecule has 0 saturated carbocycles. The largest absolute Gasteiger partial charge is 0.481 e. The number of carboxylic acid groups (broad SMARTS) is 1. The van der Waals surface area contributed by atoms with Gasteiger partial charge in [0.25, 0.3) is 0 Å². The zero-order valence-electron chi connectivity index (χ0n) is 22.1. The Balaban J connectivity index is 2.12. The summed E-state index contributed by atoms with van der Waals surface area (Å²) in [6.07, 6.45) is -7.85. The van der Waals surface area contributed by atoms with Gasteiger partial charge in [0.2, 0.25) is 0 Å². The summed E-state index contributed by atoms with van der Waals surface area (Å²) in [5.74, 6) is -3.15. The average molecular weight is 544 g/mol. The molecule has 0 bridgehead atoms. The van der Waals surface area contributed by atoms with Crippen LogP contribution >= 0.6 is 0 Å². The van der Waals surface area contributed by atoms with E-state index in [4.69, 9.17) is 0 Å². The number of carboxylic acids is 1. The summed E-state index contributed by atoms with van der Waals surface area (Å²) in [4.78, 5) is 13.9. The summed E-state index contributed by atoms with van der Waals surface area (Å²) in [6, 6.07) is 9.69. The summed E-state index contributed by atoms with van der Waals surface area (Å²) in [5, 5.41) is 9.71. The Bertz CT molecular complexity index is 1090. The van der Waals surface area contributed by atoms with Crippen LogP contribution in [0.25, 0.3) is 11.1 Å². The maximum Gasteiger partial charge on any atom is 0.416 e. The highest BCUT2D eigenvalue weighted by atomic mass is 19.4. The molecule has 9 heteroatoms. The van der Waals surface area contributed by atoms with E-state index in [9.17, 15) is 36.2 Å². The highest BCUT2D eigenvalue weighted by molar-refractivity contribution is 5.78. The van der Waals surface area contributed by atoms with Crippen LogP contribution in [0.2, 0.25) is 0 Å². The lowest BCUT2D eigenvalue weighted by molar-refractivity contribution is -0.186. The summed E-state index contributed by atoms with van der Waals surface area (Å²) in [6.45, 7) is 8.33. The third kappa shape index (κ3) is 7.30. The van der Waals surface area contributed by atoms with Gasteiger partial charge in [0.05, 0.1) is 17.4 Å². The number of halogens is 6. The van der Waals surface area contributed by atoms with Crippen molar-refractivity contribution in [1.82, 2.24) is 4.90 Å². The molecule has 1 N–H and O–H groups in total. The van der Waals surface area contributed by atoms with E-state index in [-0.39, 0.29) is 37.4 Å². The van der Waals surface area contributed by atoms with Gasteiger partial charge in [0.1, 0.15) is 0 Å². The monoisotopic (exact) mass is 543 g/mol. The minimum absolute atomic E-state index is 0.0191.